The van der Waals surface area contributed by atoms with Gasteiger partial charge in [0.25, 0.3) is 0 Å². The van der Waals surface area contributed by atoms with Crippen LogP contribution in [-0.4, -0.2) is 18.7 Å². The van der Waals surface area contributed by atoms with Crippen molar-refractivity contribution in [1.29, 1.82) is 0 Å². The Balaban J connectivity index is 1.62. The zero-order valence-corrected chi connectivity index (χ0v) is 13.1. The molecule has 0 bridgehead atoms. The molecular formula is C19H18F2O3. The fraction of sp³-hybridized carbons (Fsp3) is 0.316. The SMILES string of the molecule is O=C(c1ccc(COC2CCCCO2)cc1)c1ccc(F)c(F)c1. The molecule has 2 aromatic rings. The van der Waals surface area contributed by atoms with Crippen molar-refractivity contribution in [2.45, 2.75) is 32.2 Å². The smallest absolute Gasteiger partial charge is 0.193 e. The Kier molecular flexibility index (Phi) is 5.33. The molecule has 0 spiro atoms. The first-order valence-electron chi connectivity index (χ1n) is 7.95. The van der Waals surface area contributed by atoms with E-state index < -0.39 is 11.6 Å². The first-order chi connectivity index (χ1) is 11.6. The fourth-order valence-electron chi connectivity index (χ4n) is 2.59. The molecule has 24 heavy (non-hydrogen) atoms. The van der Waals surface area contributed by atoms with E-state index in [-0.39, 0.29) is 17.6 Å². The lowest BCUT2D eigenvalue weighted by Gasteiger charge is -2.22. The molecule has 3 nitrogen and oxygen atoms in total. The minimum atomic E-state index is -1.03. The van der Waals surface area contributed by atoms with Crippen LogP contribution >= 0.6 is 0 Å². The number of hydrogen-bond donors (Lipinski definition) is 0. The third-order valence-electron chi connectivity index (χ3n) is 3.97. The average molecular weight is 332 g/mol. The first-order valence-corrected chi connectivity index (χ1v) is 7.95. The van der Waals surface area contributed by atoms with Crippen LogP contribution in [0.15, 0.2) is 42.5 Å². The topological polar surface area (TPSA) is 35.5 Å². The van der Waals surface area contributed by atoms with Gasteiger partial charge in [0.05, 0.1) is 6.61 Å². The molecule has 0 aliphatic carbocycles. The van der Waals surface area contributed by atoms with E-state index in [1.54, 1.807) is 24.3 Å². The van der Waals surface area contributed by atoms with Gasteiger partial charge in [-0.15, -0.1) is 0 Å². The van der Waals surface area contributed by atoms with Gasteiger partial charge in [-0.25, -0.2) is 8.78 Å². The highest BCUT2D eigenvalue weighted by Gasteiger charge is 2.15. The second kappa shape index (κ2) is 7.64. The zero-order chi connectivity index (χ0) is 16.9. The van der Waals surface area contributed by atoms with Crippen LogP contribution in [0.3, 0.4) is 0 Å². The summed E-state index contributed by atoms with van der Waals surface area (Å²) in [6.07, 6.45) is 2.90. The van der Waals surface area contributed by atoms with Crippen LogP contribution in [0.25, 0.3) is 0 Å². The van der Waals surface area contributed by atoms with E-state index in [0.29, 0.717) is 12.2 Å². The van der Waals surface area contributed by atoms with Crippen LogP contribution in [0.5, 0.6) is 0 Å². The molecule has 3 rings (SSSR count). The van der Waals surface area contributed by atoms with Gasteiger partial charge in [0.15, 0.2) is 23.7 Å². The van der Waals surface area contributed by atoms with Crippen molar-refractivity contribution in [3.8, 4) is 0 Å². The van der Waals surface area contributed by atoms with Gasteiger partial charge in [0.2, 0.25) is 0 Å². The molecule has 1 heterocycles. The Morgan fingerprint density at radius 2 is 1.79 bits per heavy atom. The normalized spacial score (nSPS) is 17.7. The number of carbonyl (C=O) groups is 1. The summed E-state index contributed by atoms with van der Waals surface area (Å²) in [4.78, 5) is 12.3. The van der Waals surface area contributed by atoms with E-state index >= 15 is 0 Å². The molecule has 1 saturated heterocycles. The van der Waals surface area contributed by atoms with E-state index in [9.17, 15) is 13.6 Å². The van der Waals surface area contributed by atoms with Gasteiger partial charge < -0.3 is 9.47 Å². The molecule has 5 heteroatoms. The van der Waals surface area contributed by atoms with Crippen LogP contribution < -0.4 is 0 Å². The number of halogens is 2. The Bertz CT molecular complexity index is 707. The van der Waals surface area contributed by atoms with Crippen molar-refractivity contribution in [2.24, 2.45) is 0 Å². The first kappa shape index (κ1) is 16.7. The summed E-state index contributed by atoms with van der Waals surface area (Å²) in [7, 11) is 0. The number of ether oxygens (including phenoxy) is 2. The summed E-state index contributed by atoms with van der Waals surface area (Å²) in [5.41, 5.74) is 1.46. The van der Waals surface area contributed by atoms with Gasteiger partial charge in [0, 0.05) is 17.7 Å². The van der Waals surface area contributed by atoms with E-state index in [1.807, 2.05) is 0 Å². The second-order valence-electron chi connectivity index (χ2n) is 5.76. The van der Waals surface area contributed by atoms with Crippen LogP contribution in [-0.2, 0) is 16.1 Å². The van der Waals surface area contributed by atoms with Crippen molar-refractivity contribution >= 4 is 5.78 Å². The minimum absolute atomic E-state index is 0.119. The number of ketones is 1. The van der Waals surface area contributed by atoms with Gasteiger partial charge >= 0.3 is 0 Å². The summed E-state index contributed by atoms with van der Waals surface area (Å²) < 4.78 is 37.4. The highest BCUT2D eigenvalue weighted by Crippen LogP contribution is 2.17. The molecule has 1 fully saturated rings. The maximum Gasteiger partial charge on any atom is 0.193 e. The molecule has 1 unspecified atom stereocenters. The Morgan fingerprint density at radius 1 is 1.04 bits per heavy atom. The van der Waals surface area contributed by atoms with E-state index in [1.165, 1.54) is 6.07 Å². The van der Waals surface area contributed by atoms with Crippen molar-refractivity contribution in [3.05, 3.63) is 70.8 Å². The molecule has 0 aromatic heterocycles. The molecule has 0 N–H and O–H groups in total. The third-order valence-corrected chi connectivity index (χ3v) is 3.97. The summed E-state index contributed by atoms with van der Waals surface area (Å²) >= 11 is 0. The van der Waals surface area contributed by atoms with Crippen LogP contribution in [0.4, 0.5) is 8.78 Å². The third kappa shape index (κ3) is 4.04. The number of hydrogen-bond acceptors (Lipinski definition) is 3. The van der Waals surface area contributed by atoms with Crippen molar-refractivity contribution < 1.29 is 23.0 Å². The van der Waals surface area contributed by atoms with E-state index in [0.717, 1.165) is 43.6 Å². The largest absolute Gasteiger partial charge is 0.353 e. The lowest BCUT2D eigenvalue weighted by Crippen LogP contribution is -2.22. The molecule has 0 saturated carbocycles. The summed E-state index contributed by atoms with van der Waals surface area (Å²) in [5.74, 6) is -2.35. The molecule has 1 aliphatic heterocycles. The summed E-state index contributed by atoms with van der Waals surface area (Å²) in [5, 5.41) is 0. The average Bonchev–Trinajstić information content (AvgIpc) is 2.63. The van der Waals surface area contributed by atoms with Gasteiger partial charge in [-0.05, 0) is 43.0 Å². The molecule has 0 amide bonds. The summed E-state index contributed by atoms with van der Waals surface area (Å²) in [6, 6.07) is 10.0. The quantitative estimate of drug-likeness (QED) is 0.768. The van der Waals surface area contributed by atoms with Gasteiger partial charge in [-0.3, -0.25) is 4.79 Å². The van der Waals surface area contributed by atoms with Crippen LogP contribution in [0, 0.1) is 11.6 Å². The van der Waals surface area contributed by atoms with Crippen molar-refractivity contribution in [1.82, 2.24) is 0 Å². The van der Waals surface area contributed by atoms with E-state index in [2.05, 4.69) is 0 Å². The second-order valence-corrected chi connectivity index (χ2v) is 5.76. The van der Waals surface area contributed by atoms with Crippen molar-refractivity contribution in [2.75, 3.05) is 6.61 Å². The molecule has 1 aliphatic rings. The lowest BCUT2D eigenvalue weighted by molar-refractivity contribution is -0.168. The standard InChI is InChI=1S/C19H18F2O3/c20-16-9-8-15(11-17(16)21)19(22)14-6-4-13(5-7-14)12-24-18-3-1-2-10-23-18/h4-9,11,18H,1-3,10,12H2. The van der Waals surface area contributed by atoms with Gasteiger partial charge in [0.1, 0.15) is 0 Å². The van der Waals surface area contributed by atoms with E-state index in [4.69, 9.17) is 9.47 Å². The Morgan fingerprint density at radius 3 is 2.46 bits per heavy atom. The molecule has 1 atom stereocenters. The molecule has 126 valence electrons. The predicted octanol–water partition coefficient (Wildman–Crippen LogP) is 4.24. The Hall–Kier alpha value is -2.11. The number of benzene rings is 2. The van der Waals surface area contributed by atoms with Crippen molar-refractivity contribution in [3.63, 3.8) is 0 Å². The van der Waals surface area contributed by atoms with Gasteiger partial charge in [-0.1, -0.05) is 24.3 Å². The number of carbonyl (C=O) groups excluding carboxylic acids is 1. The number of rotatable bonds is 5. The summed E-state index contributed by atoms with van der Waals surface area (Å²) in [6.45, 7) is 1.14. The lowest BCUT2D eigenvalue weighted by atomic mass is 10.0. The Labute approximate surface area is 139 Å². The molecule has 0 radical (unpaired) electrons. The maximum absolute atomic E-state index is 13.2. The fourth-order valence-corrected chi connectivity index (χ4v) is 2.59. The maximum atomic E-state index is 13.2. The van der Waals surface area contributed by atoms with Crippen LogP contribution in [0.2, 0.25) is 0 Å². The monoisotopic (exact) mass is 332 g/mol. The minimum Gasteiger partial charge on any atom is -0.353 e. The molecular weight excluding hydrogens is 314 g/mol. The highest BCUT2D eigenvalue weighted by atomic mass is 19.2. The zero-order valence-electron chi connectivity index (χ0n) is 13.1. The molecule has 2 aromatic carbocycles. The van der Waals surface area contributed by atoms with Gasteiger partial charge in [-0.2, -0.15) is 0 Å². The predicted molar refractivity (Wildman–Crippen MR) is 84.6 cm³/mol. The van der Waals surface area contributed by atoms with Crippen LogP contribution in [0.1, 0.15) is 40.7 Å². The highest BCUT2D eigenvalue weighted by molar-refractivity contribution is 6.08.